The van der Waals surface area contributed by atoms with Crippen molar-refractivity contribution in [2.75, 3.05) is 5.32 Å². The molecule has 0 amide bonds. The molecule has 2 aromatic rings. The Labute approximate surface area is 105 Å². The van der Waals surface area contributed by atoms with Gasteiger partial charge >= 0.3 is 0 Å². The molecule has 0 aromatic heterocycles. The summed E-state index contributed by atoms with van der Waals surface area (Å²) in [5.41, 5.74) is 1.04. The highest BCUT2D eigenvalue weighted by molar-refractivity contribution is 7.49. The van der Waals surface area contributed by atoms with Crippen molar-refractivity contribution in [3.05, 3.63) is 66.2 Å². The molecule has 0 fully saturated rings. The van der Waals surface area contributed by atoms with Crippen molar-refractivity contribution in [2.24, 2.45) is 0 Å². The van der Waals surface area contributed by atoms with E-state index in [-0.39, 0.29) is 0 Å². The monoisotopic (exact) mass is 261 g/mol. The highest BCUT2D eigenvalue weighted by Crippen LogP contribution is 2.44. The molecular weight excluding hydrogens is 249 g/mol. The Morgan fingerprint density at radius 2 is 1.39 bits per heavy atom. The fourth-order valence-corrected chi connectivity index (χ4v) is 2.52. The van der Waals surface area contributed by atoms with E-state index in [4.69, 9.17) is 0 Å². The Bertz CT molecular complexity index is 539. The highest BCUT2D eigenvalue weighted by Gasteiger charge is 2.14. The number of rotatable bonds is 4. The zero-order valence-electron chi connectivity index (χ0n) is 9.52. The summed E-state index contributed by atoms with van der Waals surface area (Å²) in [6.45, 7) is 0. The Kier molecular flexibility index (Phi) is 3.82. The lowest BCUT2D eigenvalue weighted by molar-refractivity contribution is -0.316. The number of hydrogen-bond donors (Lipinski definition) is 1. The molecule has 0 aliphatic carbocycles. The standard InChI is InChI=1S/C13H14NO3P/c15-18(16,17)13(11-7-3-1-4-8-11)14-12-9-5-2-6-10-12/h1-10,13-14H,(H2,15,16,17)/p-2. The maximum Gasteiger partial charge on any atom is 0.0787 e. The summed E-state index contributed by atoms with van der Waals surface area (Å²) in [5.74, 6) is -1.25. The highest BCUT2D eigenvalue weighted by atomic mass is 31.2. The van der Waals surface area contributed by atoms with Crippen molar-refractivity contribution in [1.29, 1.82) is 0 Å². The van der Waals surface area contributed by atoms with Crippen LogP contribution >= 0.6 is 7.60 Å². The summed E-state index contributed by atoms with van der Waals surface area (Å²) in [4.78, 5) is 22.7. The molecule has 0 spiro atoms. The van der Waals surface area contributed by atoms with E-state index in [0.29, 0.717) is 11.3 Å². The van der Waals surface area contributed by atoms with E-state index in [0.717, 1.165) is 0 Å². The number of para-hydroxylation sites is 1. The predicted octanol–water partition coefficient (Wildman–Crippen LogP) is 1.71. The van der Waals surface area contributed by atoms with Gasteiger partial charge in [-0.2, -0.15) is 0 Å². The van der Waals surface area contributed by atoms with E-state index in [1.807, 2.05) is 6.07 Å². The van der Waals surface area contributed by atoms with Crippen LogP contribution in [0.1, 0.15) is 11.3 Å². The minimum atomic E-state index is -4.77. The summed E-state index contributed by atoms with van der Waals surface area (Å²) < 4.78 is 11.3. The van der Waals surface area contributed by atoms with Crippen molar-refractivity contribution >= 4 is 13.3 Å². The SMILES string of the molecule is O=P([O-])([O-])C(Nc1ccccc1)c1ccccc1. The maximum absolute atomic E-state index is 11.3. The molecule has 94 valence electrons. The summed E-state index contributed by atoms with van der Waals surface area (Å²) in [6, 6.07) is 17.2. The smallest absolute Gasteiger partial charge is 0.0787 e. The third kappa shape index (κ3) is 3.20. The van der Waals surface area contributed by atoms with Crippen LogP contribution in [0, 0.1) is 0 Å². The topological polar surface area (TPSA) is 75.2 Å². The van der Waals surface area contributed by atoms with Crippen LogP contribution in [0.3, 0.4) is 0 Å². The van der Waals surface area contributed by atoms with Crippen LogP contribution in [-0.2, 0) is 4.57 Å². The zero-order valence-corrected chi connectivity index (χ0v) is 10.4. The molecule has 1 N–H and O–H groups in total. The van der Waals surface area contributed by atoms with Crippen LogP contribution in [0.2, 0.25) is 0 Å². The molecule has 0 bridgehead atoms. The first-order valence-corrected chi connectivity index (χ1v) is 7.07. The normalized spacial score (nSPS) is 13.0. The molecule has 2 aromatic carbocycles. The lowest BCUT2D eigenvalue weighted by atomic mass is 10.2. The fraction of sp³-hybridized carbons (Fsp3) is 0.0769. The van der Waals surface area contributed by atoms with Crippen molar-refractivity contribution in [2.45, 2.75) is 5.78 Å². The van der Waals surface area contributed by atoms with Crippen LogP contribution in [0.4, 0.5) is 5.69 Å². The van der Waals surface area contributed by atoms with Crippen LogP contribution in [-0.4, -0.2) is 0 Å². The van der Waals surface area contributed by atoms with Crippen molar-refractivity contribution in [3.63, 3.8) is 0 Å². The number of hydrogen-bond acceptors (Lipinski definition) is 4. The van der Waals surface area contributed by atoms with E-state index in [9.17, 15) is 14.4 Å². The summed E-state index contributed by atoms with van der Waals surface area (Å²) in [5, 5.41) is 2.75. The average Bonchev–Trinajstić information content (AvgIpc) is 2.37. The van der Waals surface area contributed by atoms with Gasteiger partial charge < -0.3 is 19.7 Å². The molecule has 0 aliphatic rings. The lowest BCUT2D eigenvalue weighted by Crippen LogP contribution is -2.25. The lowest BCUT2D eigenvalue weighted by Gasteiger charge is -2.39. The van der Waals surface area contributed by atoms with E-state index >= 15 is 0 Å². The molecule has 0 heterocycles. The molecule has 1 unspecified atom stereocenters. The molecule has 2 rings (SSSR count). The van der Waals surface area contributed by atoms with Gasteiger partial charge in [-0.15, -0.1) is 0 Å². The fourth-order valence-electron chi connectivity index (χ4n) is 1.67. The Hall–Kier alpha value is -1.61. The van der Waals surface area contributed by atoms with E-state index < -0.39 is 13.4 Å². The van der Waals surface area contributed by atoms with Gasteiger partial charge in [0, 0.05) is 5.69 Å². The second-order valence-electron chi connectivity index (χ2n) is 3.86. The maximum atomic E-state index is 11.3. The minimum Gasteiger partial charge on any atom is -0.809 e. The van der Waals surface area contributed by atoms with Gasteiger partial charge in [-0.05, 0) is 25.3 Å². The molecule has 4 nitrogen and oxygen atoms in total. The Morgan fingerprint density at radius 3 is 1.89 bits per heavy atom. The van der Waals surface area contributed by atoms with E-state index in [2.05, 4.69) is 5.32 Å². The first-order valence-electron chi connectivity index (χ1n) is 5.45. The molecule has 0 aliphatic heterocycles. The van der Waals surface area contributed by atoms with Gasteiger partial charge in [-0.1, -0.05) is 48.5 Å². The van der Waals surface area contributed by atoms with Gasteiger partial charge in [0.1, 0.15) is 0 Å². The first-order chi connectivity index (χ1) is 8.57. The Balaban J connectivity index is 2.31. The predicted molar refractivity (Wildman–Crippen MR) is 66.9 cm³/mol. The number of benzene rings is 2. The molecule has 5 heteroatoms. The van der Waals surface area contributed by atoms with Gasteiger partial charge in [0.25, 0.3) is 0 Å². The van der Waals surface area contributed by atoms with Crippen LogP contribution in [0.15, 0.2) is 60.7 Å². The van der Waals surface area contributed by atoms with E-state index in [1.165, 1.54) is 0 Å². The Morgan fingerprint density at radius 1 is 0.889 bits per heavy atom. The quantitative estimate of drug-likeness (QED) is 0.850. The van der Waals surface area contributed by atoms with Gasteiger partial charge in [0.2, 0.25) is 0 Å². The van der Waals surface area contributed by atoms with Gasteiger partial charge in [0.15, 0.2) is 0 Å². The van der Waals surface area contributed by atoms with Gasteiger partial charge in [-0.25, -0.2) is 0 Å². The third-order valence-electron chi connectivity index (χ3n) is 2.51. The van der Waals surface area contributed by atoms with Crippen molar-refractivity contribution < 1.29 is 14.4 Å². The van der Waals surface area contributed by atoms with E-state index in [1.54, 1.807) is 54.6 Å². The largest absolute Gasteiger partial charge is 0.809 e. The van der Waals surface area contributed by atoms with Crippen molar-refractivity contribution in [3.8, 4) is 0 Å². The van der Waals surface area contributed by atoms with Crippen molar-refractivity contribution in [1.82, 2.24) is 0 Å². The average molecular weight is 261 g/mol. The van der Waals surface area contributed by atoms with Crippen LogP contribution in [0.25, 0.3) is 0 Å². The minimum absolute atomic E-state index is 0.440. The molecule has 0 radical (unpaired) electrons. The molecule has 1 atom stereocenters. The summed E-state index contributed by atoms with van der Waals surface area (Å²) in [6.07, 6.45) is 0. The molecule has 0 saturated carbocycles. The molecule has 0 saturated heterocycles. The molecular formula is C13H12NO3P-2. The number of nitrogens with one attached hydrogen (secondary N) is 1. The van der Waals surface area contributed by atoms with Crippen LogP contribution < -0.4 is 15.1 Å². The third-order valence-corrected chi connectivity index (χ3v) is 3.57. The van der Waals surface area contributed by atoms with Gasteiger partial charge in [0.05, 0.1) is 5.78 Å². The van der Waals surface area contributed by atoms with Gasteiger partial charge in [-0.3, -0.25) is 0 Å². The summed E-state index contributed by atoms with van der Waals surface area (Å²) in [7, 11) is -4.77. The number of anilines is 1. The zero-order chi connectivity index (χ0) is 13.0. The van der Waals surface area contributed by atoms with Crippen LogP contribution in [0.5, 0.6) is 0 Å². The first kappa shape index (κ1) is 12.8. The molecule has 18 heavy (non-hydrogen) atoms. The second-order valence-corrected chi connectivity index (χ2v) is 5.46. The second kappa shape index (κ2) is 5.36. The summed E-state index contributed by atoms with van der Waals surface area (Å²) >= 11 is 0.